The van der Waals surface area contributed by atoms with E-state index in [1.807, 2.05) is 0 Å². The Morgan fingerprint density at radius 1 is 0.733 bits per heavy atom. The molecule has 0 radical (unpaired) electrons. The summed E-state index contributed by atoms with van der Waals surface area (Å²) in [6.07, 6.45) is 15.7. The molecule has 4 heteroatoms. The predicted molar refractivity (Wildman–Crippen MR) is 137 cm³/mol. The van der Waals surface area contributed by atoms with Crippen LogP contribution in [-0.4, -0.2) is 8.07 Å². The van der Waals surface area contributed by atoms with Crippen LogP contribution in [0, 0.1) is 56.3 Å². The Kier molecular flexibility index (Phi) is 12.8. The van der Waals surface area contributed by atoms with Gasteiger partial charge in [0.25, 0.3) is 0 Å². The fourth-order valence-electron chi connectivity index (χ4n) is 8.76. The summed E-state index contributed by atoms with van der Waals surface area (Å²) in [5, 5.41) is 0. The number of fused-ring (bicyclic) bond motifs is 2. The predicted octanol–water partition coefficient (Wildman–Crippen LogP) is 10.0. The zero-order chi connectivity index (χ0) is 20.5. The molecule has 4 aliphatic rings. The van der Waals surface area contributed by atoms with E-state index in [2.05, 4.69) is 33.9 Å². The average molecular weight is 553 g/mol. The summed E-state index contributed by atoms with van der Waals surface area (Å²) < 4.78 is 0. The first kappa shape index (κ1) is 29.7. The molecule has 4 aliphatic carbocycles. The first-order valence-corrected chi connectivity index (χ1v) is 21.8. The third-order valence-electron chi connectivity index (χ3n) is 9.98. The molecule has 0 amide bonds. The molecular formula is C26H50Cl2SiZr. The molecule has 0 bridgehead atoms. The van der Waals surface area contributed by atoms with Crippen molar-refractivity contribution in [3.63, 3.8) is 0 Å². The second kappa shape index (κ2) is 13.0. The quantitative estimate of drug-likeness (QED) is 0.241. The Hall–Kier alpha value is 1.68. The van der Waals surface area contributed by atoms with Gasteiger partial charge in [0.05, 0.1) is 8.07 Å². The molecule has 0 saturated heterocycles. The van der Waals surface area contributed by atoms with Crippen LogP contribution in [0.4, 0.5) is 0 Å². The molecule has 0 aromatic heterocycles. The van der Waals surface area contributed by atoms with Gasteiger partial charge in [-0.15, -0.1) is 0 Å². The molecular weight excluding hydrogens is 503 g/mol. The van der Waals surface area contributed by atoms with E-state index in [9.17, 15) is 0 Å². The molecule has 8 atom stereocenters. The third-order valence-corrected chi connectivity index (χ3v) is 15.1. The van der Waals surface area contributed by atoms with Crippen molar-refractivity contribution in [3.8, 4) is 0 Å². The second-order valence-corrected chi connectivity index (χ2v) is 20.5. The van der Waals surface area contributed by atoms with Crippen LogP contribution in [0.2, 0.25) is 24.2 Å². The van der Waals surface area contributed by atoms with E-state index in [0.717, 1.165) is 52.5 Å². The van der Waals surface area contributed by atoms with Crippen LogP contribution in [0.3, 0.4) is 0 Å². The first-order chi connectivity index (χ1) is 13.3. The third kappa shape index (κ3) is 6.02. The fourth-order valence-corrected chi connectivity index (χ4v) is 14.2. The van der Waals surface area contributed by atoms with Gasteiger partial charge in [0, 0.05) is 0 Å². The van der Waals surface area contributed by atoms with Gasteiger partial charge in [-0.3, -0.25) is 0 Å². The molecule has 176 valence electrons. The Balaban J connectivity index is 0.000000851. The van der Waals surface area contributed by atoms with Gasteiger partial charge in [0.1, 0.15) is 0 Å². The zero-order valence-electron chi connectivity index (χ0n) is 21.0. The van der Waals surface area contributed by atoms with Gasteiger partial charge in [-0.1, -0.05) is 72.4 Å². The van der Waals surface area contributed by atoms with E-state index >= 15 is 0 Å². The molecule has 0 aromatic carbocycles. The average Bonchev–Trinajstić information content (AvgIpc) is 3.22. The summed E-state index contributed by atoms with van der Waals surface area (Å²) in [6.45, 7) is 13.4. The Morgan fingerprint density at radius 3 is 1.63 bits per heavy atom. The van der Waals surface area contributed by atoms with Crippen molar-refractivity contribution in [2.24, 2.45) is 41.4 Å². The van der Waals surface area contributed by atoms with Gasteiger partial charge in [-0.05, 0) is 78.2 Å². The minimum absolute atomic E-state index is 0. The first-order valence-electron chi connectivity index (χ1n) is 12.3. The summed E-state index contributed by atoms with van der Waals surface area (Å²) >= 11 is -0.826. The van der Waals surface area contributed by atoms with Crippen LogP contribution in [0.15, 0.2) is 0 Å². The maximum absolute atomic E-state index is 4.93. The monoisotopic (exact) mass is 550 g/mol. The van der Waals surface area contributed by atoms with Gasteiger partial charge in [-0.25, -0.2) is 0 Å². The fraction of sp³-hybridized carbons (Fsp3) is 0.923. The Morgan fingerprint density at radius 2 is 1.13 bits per heavy atom. The van der Waals surface area contributed by atoms with Gasteiger partial charge < -0.3 is 14.9 Å². The molecule has 4 saturated carbocycles. The van der Waals surface area contributed by atoms with Crippen molar-refractivity contribution < 1.29 is 20.8 Å². The van der Waals surface area contributed by atoms with Crippen LogP contribution in [0.5, 0.6) is 0 Å². The maximum atomic E-state index is 4.93. The number of halogens is 2. The molecule has 0 heterocycles. The molecule has 0 nitrogen and oxygen atoms in total. The SMILES string of the molecule is CC(C)C1CC([Si](C)(C)C2CC(C)C3CCCCC32)C2CCCCC12.[CH3-].[CH3-].[Cl][Zr+2][Cl]. The molecule has 0 spiro atoms. The Bertz CT molecular complexity index is 497. The summed E-state index contributed by atoms with van der Waals surface area (Å²) in [6, 6.07) is 0. The van der Waals surface area contributed by atoms with Gasteiger partial charge in [0.15, 0.2) is 0 Å². The van der Waals surface area contributed by atoms with E-state index in [1.165, 1.54) is 12.8 Å². The van der Waals surface area contributed by atoms with Crippen molar-refractivity contribution in [1.82, 2.24) is 0 Å². The summed E-state index contributed by atoms with van der Waals surface area (Å²) in [5.41, 5.74) is 2.31. The number of hydrogen-bond donors (Lipinski definition) is 0. The van der Waals surface area contributed by atoms with E-state index in [4.69, 9.17) is 17.0 Å². The molecule has 0 N–H and O–H groups in total. The normalized spacial score (nSPS) is 40.1. The van der Waals surface area contributed by atoms with Crippen molar-refractivity contribution >= 4 is 25.1 Å². The van der Waals surface area contributed by atoms with Crippen molar-refractivity contribution in [1.29, 1.82) is 0 Å². The van der Waals surface area contributed by atoms with E-state index in [-0.39, 0.29) is 14.9 Å². The van der Waals surface area contributed by atoms with E-state index < -0.39 is 28.9 Å². The van der Waals surface area contributed by atoms with Crippen molar-refractivity contribution in [3.05, 3.63) is 14.9 Å². The van der Waals surface area contributed by atoms with Crippen LogP contribution in [0.25, 0.3) is 0 Å². The summed E-state index contributed by atoms with van der Waals surface area (Å²) in [4.78, 5) is 0. The van der Waals surface area contributed by atoms with E-state index in [1.54, 1.807) is 51.4 Å². The molecule has 4 rings (SSSR count). The summed E-state index contributed by atoms with van der Waals surface area (Å²) in [7, 11) is 8.68. The van der Waals surface area contributed by atoms with Crippen LogP contribution in [0.1, 0.15) is 85.0 Å². The molecule has 30 heavy (non-hydrogen) atoms. The van der Waals surface area contributed by atoms with Crippen LogP contribution in [-0.2, 0) is 20.8 Å². The molecule has 0 aliphatic heterocycles. The molecule has 4 fully saturated rings. The number of rotatable bonds is 3. The van der Waals surface area contributed by atoms with Gasteiger partial charge in [0.2, 0.25) is 0 Å². The van der Waals surface area contributed by atoms with Crippen LogP contribution < -0.4 is 0 Å². The second-order valence-electron chi connectivity index (χ2n) is 11.7. The topological polar surface area (TPSA) is 0 Å². The minimum atomic E-state index is -1.18. The van der Waals surface area contributed by atoms with Crippen molar-refractivity contribution in [2.45, 2.75) is 109 Å². The standard InChI is InChI=1S/C24H44Si.2CH3.2ClH.Zr/c1-16(2)22-15-24(21-13-9-7-11-19(21)22)25(4,5)23-14-17(3)18-10-6-8-12-20(18)23;;;;;/h16-24H,6-15H2,1-5H3;2*1H3;2*1H;/q;2*-1;;;+4/p-2. The molecule has 8 unspecified atom stereocenters. The van der Waals surface area contributed by atoms with Crippen LogP contribution >= 0.6 is 17.0 Å². The molecule has 0 aromatic rings. The van der Waals surface area contributed by atoms with Gasteiger partial charge >= 0.3 is 37.9 Å². The zero-order valence-corrected chi connectivity index (χ0v) is 26.0. The Labute approximate surface area is 210 Å². The number of hydrogen-bond acceptors (Lipinski definition) is 0. The van der Waals surface area contributed by atoms with Gasteiger partial charge in [-0.2, -0.15) is 0 Å². The van der Waals surface area contributed by atoms with E-state index in [0.29, 0.717) is 0 Å². The van der Waals surface area contributed by atoms with Crippen molar-refractivity contribution in [2.75, 3.05) is 0 Å². The summed E-state index contributed by atoms with van der Waals surface area (Å²) in [5.74, 6) is 7.48.